The Bertz CT molecular complexity index is 1740. The number of carbonyl (C=O) groups is 4. The zero-order valence-electron chi connectivity index (χ0n) is 25.6. The average Bonchev–Trinajstić information content (AvgIpc) is 3.79. The molecule has 2 aliphatic rings. The van der Waals surface area contributed by atoms with Gasteiger partial charge in [0.2, 0.25) is 23.6 Å². The molecule has 0 saturated carbocycles. The highest BCUT2D eigenvalue weighted by Crippen LogP contribution is 2.39. The molecular weight excluding hydrogens is 590 g/mol. The summed E-state index contributed by atoms with van der Waals surface area (Å²) in [7, 11) is 1.67. The monoisotopic (exact) mass is 627 g/mol. The van der Waals surface area contributed by atoms with Crippen molar-refractivity contribution in [2.45, 2.75) is 70.6 Å². The van der Waals surface area contributed by atoms with Crippen molar-refractivity contribution in [2.75, 3.05) is 11.9 Å². The number of para-hydroxylation sites is 1. The van der Waals surface area contributed by atoms with Crippen LogP contribution in [0.25, 0.3) is 10.1 Å². The van der Waals surface area contributed by atoms with Gasteiger partial charge in [-0.25, -0.2) is 0 Å². The summed E-state index contributed by atoms with van der Waals surface area (Å²) in [5.74, 6) is -1.30. The van der Waals surface area contributed by atoms with E-state index >= 15 is 0 Å². The van der Waals surface area contributed by atoms with E-state index in [-0.39, 0.29) is 42.5 Å². The number of likely N-dealkylation sites (N-methyl/N-ethyl adjacent to an activating group) is 1. The molecule has 4 aromatic rings. The fourth-order valence-electron chi connectivity index (χ4n) is 6.49. The number of nitrogens with one attached hydrogen (secondary N) is 3. The van der Waals surface area contributed by atoms with Crippen LogP contribution >= 0.6 is 11.3 Å². The van der Waals surface area contributed by atoms with Gasteiger partial charge in [0.15, 0.2) is 0 Å². The van der Waals surface area contributed by atoms with E-state index in [1.54, 1.807) is 29.5 Å². The van der Waals surface area contributed by atoms with E-state index in [4.69, 9.17) is 0 Å². The van der Waals surface area contributed by atoms with Crippen LogP contribution in [0.15, 0.2) is 54.0 Å². The minimum absolute atomic E-state index is 0.148. The van der Waals surface area contributed by atoms with Gasteiger partial charge in [-0.2, -0.15) is 0 Å². The molecule has 0 saturated heterocycles. The van der Waals surface area contributed by atoms with E-state index in [0.29, 0.717) is 31.4 Å². The molecule has 2 aromatic heterocycles. The summed E-state index contributed by atoms with van der Waals surface area (Å²) in [5.41, 5.74) is 4.17. The van der Waals surface area contributed by atoms with Gasteiger partial charge in [0.25, 0.3) is 0 Å². The molecule has 4 atom stereocenters. The Morgan fingerprint density at radius 1 is 1.16 bits per heavy atom. The third kappa shape index (κ3) is 5.94. The molecule has 4 heterocycles. The Morgan fingerprint density at radius 2 is 1.96 bits per heavy atom. The molecule has 11 nitrogen and oxygen atoms in total. The molecule has 2 aromatic carbocycles. The standard InChI is InChI=1S/C33H37N7O4S/c1-4-19(2)29(39(3)28(41)15-22-18-45-27-11-6-5-10-24(22)27)32(43)36-25-13-12-20-8-7-9-21-14-26(40(30(20)21)33(25)44)31(42)34-16-23-17-35-38-37-23/h5-11,17-19,25-26,29H,4,12-16H2,1-3H3,(H,34,42)(H,36,43)(H,35,37,38)/t19-,25-,26-,29-/m0/s1. The number of H-pyrrole nitrogens is 1. The van der Waals surface area contributed by atoms with Gasteiger partial charge in [-0.1, -0.05) is 61.9 Å². The number of nitrogens with zero attached hydrogens (tertiary/aromatic N) is 4. The Kier molecular flexibility index (Phi) is 8.66. The summed E-state index contributed by atoms with van der Waals surface area (Å²) in [6.07, 6.45) is 3.78. The predicted molar refractivity (Wildman–Crippen MR) is 171 cm³/mol. The number of amides is 4. The second kappa shape index (κ2) is 12.8. The molecule has 3 N–H and O–H groups in total. The number of fused-ring (bicyclic) bond motifs is 1. The van der Waals surface area contributed by atoms with E-state index < -0.39 is 18.1 Å². The summed E-state index contributed by atoms with van der Waals surface area (Å²) in [5, 5.41) is 19.1. The van der Waals surface area contributed by atoms with Crippen LogP contribution in [0.5, 0.6) is 0 Å². The number of hydrogen-bond donors (Lipinski definition) is 3. The van der Waals surface area contributed by atoms with Gasteiger partial charge in [-0.15, -0.1) is 16.4 Å². The van der Waals surface area contributed by atoms with Gasteiger partial charge in [-0.3, -0.25) is 29.2 Å². The first kappa shape index (κ1) is 30.4. The van der Waals surface area contributed by atoms with Crippen LogP contribution in [0, 0.1) is 5.92 Å². The van der Waals surface area contributed by atoms with Crippen molar-refractivity contribution >= 4 is 50.7 Å². The van der Waals surface area contributed by atoms with E-state index in [1.807, 2.05) is 61.7 Å². The zero-order chi connectivity index (χ0) is 31.7. The molecule has 0 radical (unpaired) electrons. The van der Waals surface area contributed by atoms with Gasteiger partial charge >= 0.3 is 0 Å². The van der Waals surface area contributed by atoms with Crippen LogP contribution in [0.2, 0.25) is 0 Å². The number of benzene rings is 2. The number of aromatic nitrogens is 3. The van der Waals surface area contributed by atoms with E-state index in [0.717, 1.165) is 32.5 Å². The molecule has 234 valence electrons. The molecular formula is C33H37N7O4S. The zero-order valence-corrected chi connectivity index (χ0v) is 26.4. The summed E-state index contributed by atoms with van der Waals surface area (Å²) in [6, 6.07) is 11.5. The van der Waals surface area contributed by atoms with Crippen molar-refractivity contribution < 1.29 is 19.2 Å². The minimum atomic E-state index is -0.849. The molecule has 0 bridgehead atoms. The minimum Gasteiger partial charge on any atom is -0.348 e. The number of aryl methyl sites for hydroxylation is 1. The van der Waals surface area contributed by atoms with E-state index in [2.05, 4.69) is 26.0 Å². The van der Waals surface area contributed by atoms with Crippen LogP contribution in [0.3, 0.4) is 0 Å². The SMILES string of the molecule is CC[C@H](C)[C@@H](C(=O)N[C@H]1CCc2cccc3c2N(C1=O)[C@H](C(=O)NCc1c[nH]nn1)C3)N(C)C(=O)Cc1csc2ccccc12. The molecule has 2 aliphatic heterocycles. The van der Waals surface area contributed by atoms with E-state index in [1.165, 1.54) is 4.90 Å². The van der Waals surface area contributed by atoms with Crippen LogP contribution in [-0.2, 0) is 45.0 Å². The third-order valence-electron chi connectivity index (χ3n) is 9.10. The van der Waals surface area contributed by atoms with Crippen molar-refractivity contribution in [1.82, 2.24) is 30.9 Å². The van der Waals surface area contributed by atoms with Gasteiger partial charge in [-0.05, 0) is 52.3 Å². The summed E-state index contributed by atoms with van der Waals surface area (Å²) < 4.78 is 1.11. The van der Waals surface area contributed by atoms with Crippen LogP contribution < -0.4 is 15.5 Å². The fourth-order valence-corrected chi connectivity index (χ4v) is 7.45. The number of thiophene rings is 1. The van der Waals surface area contributed by atoms with Crippen molar-refractivity contribution in [1.29, 1.82) is 0 Å². The largest absolute Gasteiger partial charge is 0.348 e. The smallest absolute Gasteiger partial charge is 0.250 e. The fraction of sp³-hybridized carbons (Fsp3) is 0.394. The van der Waals surface area contributed by atoms with Crippen molar-refractivity contribution in [3.05, 3.63) is 76.4 Å². The number of hydrogen-bond acceptors (Lipinski definition) is 7. The second-order valence-electron chi connectivity index (χ2n) is 11.9. The van der Waals surface area contributed by atoms with Gasteiger partial charge in [0, 0.05) is 24.4 Å². The van der Waals surface area contributed by atoms with Crippen LogP contribution in [0.1, 0.15) is 49.1 Å². The Morgan fingerprint density at radius 3 is 2.73 bits per heavy atom. The Balaban J connectivity index is 1.20. The lowest BCUT2D eigenvalue weighted by atomic mass is 9.95. The van der Waals surface area contributed by atoms with Crippen LogP contribution in [-0.4, -0.2) is 69.1 Å². The molecule has 0 aliphatic carbocycles. The third-order valence-corrected chi connectivity index (χ3v) is 10.1. The number of carbonyl (C=O) groups excluding carboxylic acids is 4. The summed E-state index contributed by atoms with van der Waals surface area (Å²) in [6.45, 7) is 4.10. The second-order valence-corrected chi connectivity index (χ2v) is 12.8. The highest BCUT2D eigenvalue weighted by molar-refractivity contribution is 7.17. The van der Waals surface area contributed by atoms with Crippen LogP contribution in [0.4, 0.5) is 5.69 Å². The molecule has 6 rings (SSSR count). The van der Waals surface area contributed by atoms with Crippen molar-refractivity contribution in [3.8, 4) is 0 Å². The Hall–Kier alpha value is -4.58. The predicted octanol–water partition coefficient (Wildman–Crippen LogP) is 3.14. The highest BCUT2D eigenvalue weighted by atomic mass is 32.1. The number of anilines is 1. The van der Waals surface area contributed by atoms with Gasteiger partial charge in [0.1, 0.15) is 23.8 Å². The first-order chi connectivity index (χ1) is 21.8. The number of rotatable bonds is 10. The molecule has 0 fully saturated rings. The first-order valence-corrected chi connectivity index (χ1v) is 16.2. The normalized spacial score (nSPS) is 18.6. The quantitative estimate of drug-likeness (QED) is 0.247. The lowest BCUT2D eigenvalue weighted by Crippen LogP contribution is -2.58. The maximum atomic E-state index is 14.2. The maximum Gasteiger partial charge on any atom is 0.250 e. The lowest BCUT2D eigenvalue weighted by molar-refractivity contribution is -0.141. The molecule has 4 amide bonds. The lowest BCUT2D eigenvalue weighted by Gasteiger charge is -2.33. The van der Waals surface area contributed by atoms with Gasteiger partial charge < -0.3 is 15.5 Å². The molecule has 0 spiro atoms. The molecule has 12 heteroatoms. The van der Waals surface area contributed by atoms with Crippen molar-refractivity contribution in [2.24, 2.45) is 5.92 Å². The molecule has 45 heavy (non-hydrogen) atoms. The van der Waals surface area contributed by atoms with E-state index in [9.17, 15) is 19.2 Å². The Labute approximate surface area is 265 Å². The summed E-state index contributed by atoms with van der Waals surface area (Å²) in [4.78, 5) is 58.3. The topological polar surface area (TPSA) is 140 Å². The average molecular weight is 628 g/mol. The maximum absolute atomic E-state index is 14.2. The van der Waals surface area contributed by atoms with Crippen molar-refractivity contribution in [3.63, 3.8) is 0 Å². The number of aromatic amines is 1. The molecule has 0 unspecified atom stereocenters. The first-order valence-electron chi connectivity index (χ1n) is 15.3. The summed E-state index contributed by atoms with van der Waals surface area (Å²) >= 11 is 1.60. The van der Waals surface area contributed by atoms with Gasteiger partial charge in [0.05, 0.1) is 18.7 Å². The highest BCUT2D eigenvalue weighted by Gasteiger charge is 2.44.